The molecule has 0 aliphatic carbocycles. The number of hydrogen-bond donors (Lipinski definition) is 1. The Kier molecular flexibility index (Phi) is 10.1. The SMILES string of the molecule is CCNC(=O)[C@@H](CC)N(Cc1ccc(C)cc1)C(=O)CN(c1cccc(Br)c1)S(=O)(=O)c1ccc(C)cc1. The summed E-state index contributed by atoms with van der Waals surface area (Å²) in [5.74, 6) is -0.745. The van der Waals surface area contributed by atoms with Gasteiger partial charge < -0.3 is 10.2 Å². The van der Waals surface area contributed by atoms with Crippen molar-refractivity contribution >= 4 is 43.5 Å². The molecule has 2 amide bonds. The molecule has 1 N–H and O–H groups in total. The van der Waals surface area contributed by atoms with Crippen molar-refractivity contribution in [1.29, 1.82) is 0 Å². The maximum Gasteiger partial charge on any atom is 0.264 e. The second kappa shape index (κ2) is 13.1. The van der Waals surface area contributed by atoms with Gasteiger partial charge in [0.1, 0.15) is 12.6 Å². The Morgan fingerprint density at radius 3 is 2.08 bits per heavy atom. The second-order valence-electron chi connectivity index (χ2n) is 9.13. The summed E-state index contributed by atoms with van der Waals surface area (Å²) in [6.45, 7) is 7.64. The smallest absolute Gasteiger partial charge is 0.264 e. The van der Waals surface area contributed by atoms with Crippen LogP contribution in [0.3, 0.4) is 0 Å². The molecule has 0 bridgehead atoms. The number of amides is 2. The van der Waals surface area contributed by atoms with Crippen LogP contribution in [0, 0.1) is 13.8 Å². The van der Waals surface area contributed by atoms with Gasteiger partial charge in [-0.1, -0.05) is 76.4 Å². The summed E-state index contributed by atoms with van der Waals surface area (Å²) in [6, 6.07) is 20.3. The Morgan fingerprint density at radius 2 is 1.53 bits per heavy atom. The number of benzene rings is 3. The zero-order chi connectivity index (χ0) is 27.9. The summed E-state index contributed by atoms with van der Waals surface area (Å²) in [5.41, 5.74) is 3.19. The van der Waals surface area contributed by atoms with E-state index in [0.29, 0.717) is 23.1 Å². The third-order valence-electron chi connectivity index (χ3n) is 6.19. The lowest BCUT2D eigenvalue weighted by Crippen LogP contribution is -2.52. The molecule has 0 spiro atoms. The first-order chi connectivity index (χ1) is 18.1. The predicted octanol–water partition coefficient (Wildman–Crippen LogP) is 5.20. The number of aryl methyl sites for hydroxylation is 2. The number of nitrogens with one attached hydrogen (secondary N) is 1. The molecular formula is C29H34BrN3O4S. The highest BCUT2D eigenvalue weighted by atomic mass is 79.9. The van der Waals surface area contributed by atoms with Crippen LogP contribution in [0.5, 0.6) is 0 Å². The fraction of sp³-hybridized carbons (Fsp3) is 0.310. The topological polar surface area (TPSA) is 86.8 Å². The quantitative estimate of drug-likeness (QED) is 0.328. The molecule has 9 heteroatoms. The van der Waals surface area contributed by atoms with E-state index < -0.39 is 28.5 Å². The minimum atomic E-state index is -4.09. The monoisotopic (exact) mass is 599 g/mol. The Balaban J connectivity index is 2.05. The molecular weight excluding hydrogens is 566 g/mol. The van der Waals surface area contributed by atoms with E-state index in [-0.39, 0.29) is 17.3 Å². The molecule has 38 heavy (non-hydrogen) atoms. The maximum absolute atomic E-state index is 14.0. The first-order valence-electron chi connectivity index (χ1n) is 12.5. The van der Waals surface area contributed by atoms with Crippen LogP contribution in [0.4, 0.5) is 5.69 Å². The van der Waals surface area contributed by atoms with E-state index in [0.717, 1.165) is 21.0 Å². The van der Waals surface area contributed by atoms with Gasteiger partial charge in [-0.15, -0.1) is 0 Å². The van der Waals surface area contributed by atoms with E-state index >= 15 is 0 Å². The molecule has 0 aromatic heterocycles. The number of rotatable bonds is 11. The van der Waals surface area contributed by atoms with E-state index in [2.05, 4.69) is 21.2 Å². The van der Waals surface area contributed by atoms with Crippen molar-refractivity contribution in [3.05, 3.63) is 94.0 Å². The van der Waals surface area contributed by atoms with Crippen LogP contribution >= 0.6 is 15.9 Å². The van der Waals surface area contributed by atoms with Gasteiger partial charge >= 0.3 is 0 Å². The molecule has 0 saturated heterocycles. The van der Waals surface area contributed by atoms with Gasteiger partial charge in [-0.3, -0.25) is 13.9 Å². The Hall–Kier alpha value is -3.17. The molecule has 0 unspecified atom stereocenters. The average molecular weight is 601 g/mol. The third-order valence-corrected chi connectivity index (χ3v) is 8.48. The molecule has 1 atom stereocenters. The summed E-state index contributed by atoms with van der Waals surface area (Å²) in [4.78, 5) is 28.5. The Labute approximate surface area is 234 Å². The lowest BCUT2D eigenvalue weighted by molar-refractivity contribution is -0.140. The van der Waals surface area contributed by atoms with E-state index in [1.54, 1.807) is 36.4 Å². The van der Waals surface area contributed by atoms with Crippen molar-refractivity contribution < 1.29 is 18.0 Å². The van der Waals surface area contributed by atoms with Crippen molar-refractivity contribution in [3.8, 4) is 0 Å². The van der Waals surface area contributed by atoms with Gasteiger partial charge in [0.2, 0.25) is 11.8 Å². The van der Waals surface area contributed by atoms with Gasteiger partial charge in [0, 0.05) is 17.6 Å². The van der Waals surface area contributed by atoms with Gasteiger partial charge in [0.15, 0.2) is 0 Å². The molecule has 0 saturated carbocycles. The number of anilines is 1. The zero-order valence-corrected chi connectivity index (χ0v) is 24.6. The van der Waals surface area contributed by atoms with Crippen molar-refractivity contribution in [3.63, 3.8) is 0 Å². The van der Waals surface area contributed by atoms with E-state index in [9.17, 15) is 18.0 Å². The van der Waals surface area contributed by atoms with Gasteiger partial charge in [-0.05, 0) is 63.1 Å². The summed E-state index contributed by atoms with van der Waals surface area (Å²) in [7, 11) is -4.09. The standard InChI is InChI=1S/C29H34BrN3O4S/c1-5-27(29(35)31-6-2)32(19-23-14-10-21(3)11-15-23)28(34)20-33(25-9-7-8-24(30)18-25)38(36,37)26-16-12-22(4)13-17-26/h7-18,27H,5-6,19-20H2,1-4H3,(H,31,35)/t27-/m1/s1. The molecule has 0 heterocycles. The molecule has 3 rings (SSSR count). The van der Waals surface area contributed by atoms with Crippen molar-refractivity contribution in [2.45, 2.75) is 51.6 Å². The van der Waals surface area contributed by atoms with Crippen LogP contribution in [0.25, 0.3) is 0 Å². The normalized spacial score (nSPS) is 12.0. The number of hydrogen-bond acceptors (Lipinski definition) is 4. The average Bonchev–Trinajstić information content (AvgIpc) is 2.88. The van der Waals surface area contributed by atoms with Gasteiger partial charge in [-0.25, -0.2) is 8.42 Å². The Bertz CT molecular complexity index is 1360. The van der Waals surface area contributed by atoms with Gasteiger partial charge in [0.05, 0.1) is 10.6 Å². The van der Waals surface area contributed by atoms with E-state index in [1.807, 2.05) is 52.0 Å². The summed E-state index contributed by atoms with van der Waals surface area (Å²) < 4.78 is 29.5. The van der Waals surface area contributed by atoms with Crippen LogP contribution < -0.4 is 9.62 Å². The zero-order valence-electron chi connectivity index (χ0n) is 22.1. The van der Waals surface area contributed by atoms with Crippen LogP contribution in [0.1, 0.15) is 37.0 Å². The molecule has 3 aromatic rings. The predicted molar refractivity (Wildman–Crippen MR) is 154 cm³/mol. The fourth-order valence-electron chi connectivity index (χ4n) is 4.10. The van der Waals surface area contributed by atoms with Gasteiger partial charge in [0.25, 0.3) is 10.0 Å². The molecule has 202 valence electrons. The summed E-state index contributed by atoms with van der Waals surface area (Å²) in [6.07, 6.45) is 0.380. The molecule has 3 aromatic carbocycles. The van der Waals surface area contributed by atoms with E-state index in [4.69, 9.17) is 0 Å². The summed E-state index contributed by atoms with van der Waals surface area (Å²) >= 11 is 3.41. The molecule has 0 aliphatic heterocycles. The number of carbonyl (C=O) groups is 2. The third kappa shape index (κ3) is 7.23. The molecule has 0 radical (unpaired) electrons. The van der Waals surface area contributed by atoms with Crippen LogP contribution in [0.2, 0.25) is 0 Å². The fourth-order valence-corrected chi connectivity index (χ4v) is 5.89. The second-order valence-corrected chi connectivity index (χ2v) is 11.9. The first kappa shape index (κ1) is 29.4. The number of nitrogens with zero attached hydrogens (tertiary/aromatic N) is 2. The highest BCUT2D eigenvalue weighted by Crippen LogP contribution is 2.27. The number of halogens is 1. The molecule has 7 nitrogen and oxygen atoms in total. The van der Waals surface area contributed by atoms with E-state index in [1.165, 1.54) is 17.0 Å². The van der Waals surface area contributed by atoms with Crippen LogP contribution in [-0.4, -0.2) is 44.3 Å². The minimum Gasteiger partial charge on any atom is -0.355 e. The maximum atomic E-state index is 14.0. The number of sulfonamides is 1. The first-order valence-corrected chi connectivity index (χ1v) is 14.8. The molecule has 0 fully saturated rings. The highest BCUT2D eigenvalue weighted by molar-refractivity contribution is 9.10. The van der Waals surface area contributed by atoms with Crippen LogP contribution in [0.15, 0.2) is 82.2 Å². The van der Waals surface area contributed by atoms with Crippen molar-refractivity contribution in [2.75, 3.05) is 17.4 Å². The summed E-state index contributed by atoms with van der Waals surface area (Å²) in [5, 5.41) is 2.81. The van der Waals surface area contributed by atoms with Crippen molar-refractivity contribution in [2.24, 2.45) is 0 Å². The van der Waals surface area contributed by atoms with Gasteiger partial charge in [-0.2, -0.15) is 0 Å². The minimum absolute atomic E-state index is 0.0803. The number of likely N-dealkylation sites (N-methyl/N-ethyl adjacent to an activating group) is 1. The van der Waals surface area contributed by atoms with Crippen LogP contribution in [-0.2, 0) is 26.2 Å². The van der Waals surface area contributed by atoms with Crippen molar-refractivity contribution in [1.82, 2.24) is 10.2 Å². The molecule has 0 aliphatic rings. The lowest BCUT2D eigenvalue weighted by atomic mass is 10.1. The largest absolute Gasteiger partial charge is 0.355 e. The lowest BCUT2D eigenvalue weighted by Gasteiger charge is -2.33. The highest BCUT2D eigenvalue weighted by Gasteiger charge is 2.33. The Morgan fingerprint density at radius 1 is 0.921 bits per heavy atom. The number of carbonyl (C=O) groups excluding carboxylic acids is 2.